The van der Waals surface area contributed by atoms with Gasteiger partial charge in [0, 0.05) is 13.2 Å². The molecular weight excluding hydrogens is 342 g/mol. The van der Waals surface area contributed by atoms with Gasteiger partial charge in [-0.1, -0.05) is 48.5 Å². The van der Waals surface area contributed by atoms with E-state index in [1.807, 2.05) is 67.6 Å². The summed E-state index contributed by atoms with van der Waals surface area (Å²) >= 11 is 0. The Morgan fingerprint density at radius 3 is 2.52 bits per heavy atom. The number of hydrogen-bond donors (Lipinski definition) is 2. The van der Waals surface area contributed by atoms with E-state index in [4.69, 9.17) is 4.74 Å². The number of carbonyl (C=O) groups excluding carboxylic acids is 1. The summed E-state index contributed by atoms with van der Waals surface area (Å²) in [7, 11) is 0. The zero-order chi connectivity index (χ0) is 19.1. The molecule has 0 saturated heterocycles. The van der Waals surface area contributed by atoms with Crippen LogP contribution >= 0.6 is 0 Å². The Hall–Kier alpha value is -3.12. The van der Waals surface area contributed by atoms with Crippen molar-refractivity contribution in [1.29, 1.82) is 0 Å². The van der Waals surface area contributed by atoms with Crippen molar-refractivity contribution in [2.45, 2.75) is 19.4 Å². The third-order valence-corrected chi connectivity index (χ3v) is 4.17. The highest BCUT2D eigenvalue weighted by Crippen LogP contribution is 2.18. The van der Waals surface area contributed by atoms with Gasteiger partial charge >= 0.3 is 0 Å². The number of ether oxygens (including phenoxy) is 1. The standard InChI is InChI=1S/C21H23N3O3/c1-16(17-9-4-2-5-10-17)27-14-8-13-22-21(26)20-19(25)15-24(23-20)18-11-6-3-7-12-18/h2-7,9-12,15-16,25H,8,13-14H2,1H3,(H,22,26). The second-order valence-electron chi connectivity index (χ2n) is 6.18. The number of nitrogens with one attached hydrogen (secondary N) is 1. The molecule has 6 heteroatoms. The Labute approximate surface area is 158 Å². The molecule has 1 unspecified atom stereocenters. The van der Waals surface area contributed by atoms with Gasteiger partial charge in [0.05, 0.1) is 18.0 Å². The second kappa shape index (κ2) is 9.00. The van der Waals surface area contributed by atoms with Gasteiger partial charge in [-0.15, -0.1) is 0 Å². The average Bonchev–Trinajstić information content (AvgIpc) is 3.10. The summed E-state index contributed by atoms with van der Waals surface area (Å²) < 4.78 is 7.26. The molecule has 0 aliphatic rings. The highest BCUT2D eigenvalue weighted by atomic mass is 16.5. The lowest BCUT2D eigenvalue weighted by Gasteiger charge is -2.13. The zero-order valence-electron chi connectivity index (χ0n) is 15.2. The lowest BCUT2D eigenvalue weighted by atomic mass is 10.1. The molecule has 0 aliphatic heterocycles. The van der Waals surface area contributed by atoms with E-state index in [9.17, 15) is 9.90 Å². The van der Waals surface area contributed by atoms with Crippen LogP contribution < -0.4 is 5.32 Å². The molecule has 1 heterocycles. The molecule has 0 fully saturated rings. The fourth-order valence-electron chi connectivity index (χ4n) is 2.68. The molecular formula is C21H23N3O3. The molecule has 27 heavy (non-hydrogen) atoms. The first-order chi connectivity index (χ1) is 13.1. The second-order valence-corrected chi connectivity index (χ2v) is 6.18. The van der Waals surface area contributed by atoms with E-state index in [1.165, 1.54) is 10.9 Å². The SMILES string of the molecule is CC(OCCCNC(=O)c1nn(-c2ccccc2)cc1O)c1ccccc1. The number of para-hydroxylation sites is 1. The molecule has 2 N–H and O–H groups in total. The number of aromatic hydroxyl groups is 1. The Kier molecular flexibility index (Phi) is 6.22. The van der Waals surface area contributed by atoms with Crippen molar-refractivity contribution < 1.29 is 14.6 Å². The van der Waals surface area contributed by atoms with Gasteiger partial charge in [0.1, 0.15) is 0 Å². The summed E-state index contributed by atoms with van der Waals surface area (Å²) in [6.07, 6.45) is 2.10. The molecule has 3 rings (SSSR count). The van der Waals surface area contributed by atoms with Crippen molar-refractivity contribution in [3.63, 3.8) is 0 Å². The maximum atomic E-state index is 12.2. The molecule has 0 spiro atoms. The van der Waals surface area contributed by atoms with Gasteiger partial charge in [0.15, 0.2) is 11.4 Å². The highest BCUT2D eigenvalue weighted by molar-refractivity contribution is 5.94. The van der Waals surface area contributed by atoms with Crippen LogP contribution in [-0.4, -0.2) is 33.9 Å². The van der Waals surface area contributed by atoms with Crippen molar-refractivity contribution in [3.8, 4) is 11.4 Å². The maximum absolute atomic E-state index is 12.2. The molecule has 0 saturated carbocycles. The van der Waals surface area contributed by atoms with Gasteiger partial charge in [0.2, 0.25) is 0 Å². The van der Waals surface area contributed by atoms with Gasteiger partial charge in [-0.2, -0.15) is 5.10 Å². The fourth-order valence-corrected chi connectivity index (χ4v) is 2.68. The topological polar surface area (TPSA) is 76.4 Å². The van der Waals surface area contributed by atoms with E-state index >= 15 is 0 Å². The predicted molar refractivity (Wildman–Crippen MR) is 103 cm³/mol. The van der Waals surface area contributed by atoms with E-state index in [-0.39, 0.29) is 17.5 Å². The first-order valence-electron chi connectivity index (χ1n) is 8.94. The van der Waals surface area contributed by atoms with Crippen LogP contribution in [0.3, 0.4) is 0 Å². The Balaban J connectivity index is 1.45. The lowest BCUT2D eigenvalue weighted by Crippen LogP contribution is -2.26. The smallest absolute Gasteiger partial charge is 0.275 e. The maximum Gasteiger partial charge on any atom is 0.275 e. The lowest BCUT2D eigenvalue weighted by molar-refractivity contribution is 0.0634. The number of amides is 1. The minimum Gasteiger partial charge on any atom is -0.504 e. The Bertz CT molecular complexity index is 863. The highest BCUT2D eigenvalue weighted by Gasteiger charge is 2.16. The van der Waals surface area contributed by atoms with Crippen LogP contribution in [0, 0.1) is 0 Å². The van der Waals surface area contributed by atoms with Crippen LogP contribution in [-0.2, 0) is 4.74 Å². The quantitative estimate of drug-likeness (QED) is 0.599. The van der Waals surface area contributed by atoms with Crippen LogP contribution in [0.1, 0.15) is 35.5 Å². The van der Waals surface area contributed by atoms with Crippen LogP contribution in [0.15, 0.2) is 66.9 Å². The molecule has 0 aliphatic carbocycles. The molecule has 0 bridgehead atoms. The Morgan fingerprint density at radius 1 is 1.15 bits per heavy atom. The summed E-state index contributed by atoms with van der Waals surface area (Å²) in [4.78, 5) is 12.2. The molecule has 1 amide bonds. The van der Waals surface area contributed by atoms with Crippen LogP contribution in [0.2, 0.25) is 0 Å². The molecule has 140 valence electrons. The number of hydrogen-bond acceptors (Lipinski definition) is 4. The average molecular weight is 365 g/mol. The molecule has 2 aromatic carbocycles. The van der Waals surface area contributed by atoms with Crippen molar-refractivity contribution in [2.75, 3.05) is 13.2 Å². The third kappa shape index (κ3) is 4.95. The van der Waals surface area contributed by atoms with Gasteiger partial charge in [-0.25, -0.2) is 4.68 Å². The number of carbonyl (C=O) groups is 1. The van der Waals surface area contributed by atoms with Crippen LogP contribution in [0.4, 0.5) is 0 Å². The summed E-state index contributed by atoms with van der Waals surface area (Å²) in [6.45, 7) is 2.97. The van der Waals surface area contributed by atoms with E-state index in [2.05, 4.69) is 10.4 Å². The number of benzene rings is 2. The van der Waals surface area contributed by atoms with E-state index in [0.717, 1.165) is 11.3 Å². The Morgan fingerprint density at radius 2 is 1.81 bits per heavy atom. The van der Waals surface area contributed by atoms with E-state index in [1.54, 1.807) is 0 Å². The minimum atomic E-state index is -0.404. The predicted octanol–water partition coefficient (Wildman–Crippen LogP) is 3.48. The molecule has 3 aromatic rings. The largest absolute Gasteiger partial charge is 0.504 e. The van der Waals surface area contributed by atoms with Crippen LogP contribution in [0.25, 0.3) is 5.69 Å². The summed E-state index contributed by atoms with van der Waals surface area (Å²) in [6, 6.07) is 19.3. The van der Waals surface area contributed by atoms with Crippen molar-refractivity contribution >= 4 is 5.91 Å². The fraction of sp³-hybridized carbons (Fsp3) is 0.238. The third-order valence-electron chi connectivity index (χ3n) is 4.17. The number of nitrogens with zero attached hydrogens (tertiary/aromatic N) is 2. The van der Waals surface area contributed by atoms with Gasteiger partial charge in [-0.3, -0.25) is 4.79 Å². The summed E-state index contributed by atoms with van der Waals surface area (Å²) in [5.41, 5.74) is 1.91. The molecule has 0 radical (unpaired) electrons. The first kappa shape index (κ1) is 18.7. The minimum absolute atomic E-state index is 0.00696. The van der Waals surface area contributed by atoms with Crippen molar-refractivity contribution in [2.24, 2.45) is 0 Å². The summed E-state index contributed by atoms with van der Waals surface area (Å²) in [5.74, 6) is -0.552. The monoisotopic (exact) mass is 365 g/mol. The van der Waals surface area contributed by atoms with Gasteiger partial charge in [-0.05, 0) is 31.0 Å². The molecule has 1 aromatic heterocycles. The number of aromatic nitrogens is 2. The zero-order valence-corrected chi connectivity index (χ0v) is 15.2. The van der Waals surface area contributed by atoms with E-state index in [0.29, 0.717) is 19.6 Å². The summed E-state index contributed by atoms with van der Waals surface area (Å²) in [5, 5.41) is 16.9. The van der Waals surface area contributed by atoms with Crippen molar-refractivity contribution in [1.82, 2.24) is 15.1 Å². The molecule has 1 atom stereocenters. The normalized spacial score (nSPS) is 11.9. The van der Waals surface area contributed by atoms with E-state index < -0.39 is 5.91 Å². The first-order valence-corrected chi connectivity index (χ1v) is 8.94. The van der Waals surface area contributed by atoms with Crippen molar-refractivity contribution in [3.05, 3.63) is 78.1 Å². The van der Waals surface area contributed by atoms with Gasteiger partial charge < -0.3 is 15.2 Å². The van der Waals surface area contributed by atoms with Gasteiger partial charge in [0.25, 0.3) is 5.91 Å². The molecule has 6 nitrogen and oxygen atoms in total. The van der Waals surface area contributed by atoms with Crippen LogP contribution in [0.5, 0.6) is 5.75 Å². The number of rotatable bonds is 8.